The van der Waals surface area contributed by atoms with Gasteiger partial charge in [-0.3, -0.25) is 4.79 Å². The van der Waals surface area contributed by atoms with Crippen LogP contribution in [0.5, 0.6) is 5.75 Å². The molecule has 0 bridgehead atoms. The van der Waals surface area contributed by atoms with Crippen LogP contribution in [-0.4, -0.2) is 75.0 Å². The van der Waals surface area contributed by atoms with E-state index in [0.717, 1.165) is 29.5 Å². The number of β-lactam (4-membered cyclic amide) rings is 1. The lowest BCUT2D eigenvalue weighted by atomic mass is 9.78. The Morgan fingerprint density at radius 3 is 2.20 bits per heavy atom. The highest BCUT2D eigenvalue weighted by Gasteiger charge is 2.47. The molecule has 0 radical (unpaired) electrons. The second-order valence-corrected chi connectivity index (χ2v) is 10.8. The standard InChI is InChI=1S/C32H36FNO7/c33-23-13-9-20(10-14-23)7-4-8-25-28(34(32(25)39)17-21-5-2-1-3-6-21)22-11-15-24(16-12-22)40-19-27-30(37)31(38)29(36)26(18-35)41-27/h1-3,5-6,9-16,25-31,35-38H,4,7-8,17-19H2/t25?,26-,27-,28?,29-,30+,31+/m1/s1. The number of carbonyl (C=O) groups excluding carboxylic acids is 1. The number of halogens is 1. The first-order chi connectivity index (χ1) is 19.9. The summed E-state index contributed by atoms with van der Waals surface area (Å²) in [6.45, 7) is -0.0796. The van der Waals surface area contributed by atoms with Crippen molar-refractivity contribution in [1.29, 1.82) is 0 Å². The number of ether oxygens (including phenoxy) is 2. The van der Waals surface area contributed by atoms with Crippen molar-refractivity contribution in [2.24, 2.45) is 5.92 Å². The number of hydrogen-bond donors (Lipinski definition) is 4. The fourth-order valence-corrected chi connectivity index (χ4v) is 5.70. The zero-order chi connectivity index (χ0) is 28.9. The van der Waals surface area contributed by atoms with E-state index in [4.69, 9.17) is 9.47 Å². The number of rotatable bonds is 11. The minimum absolute atomic E-state index is 0.0884. The summed E-state index contributed by atoms with van der Waals surface area (Å²) < 4.78 is 24.6. The summed E-state index contributed by atoms with van der Waals surface area (Å²) in [7, 11) is 0. The van der Waals surface area contributed by atoms with Crippen molar-refractivity contribution in [3.8, 4) is 5.75 Å². The molecule has 7 atom stereocenters. The molecule has 2 heterocycles. The van der Waals surface area contributed by atoms with E-state index in [-0.39, 0.29) is 30.3 Å². The zero-order valence-corrected chi connectivity index (χ0v) is 22.6. The highest BCUT2D eigenvalue weighted by atomic mass is 19.1. The van der Waals surface area contributed by atoms with Crippen molar-refractivity contribution in [1.82, 2.24) is 4.90 Å². The monoisotopic (exact) mass is 565 g/mol. The average Bonchev–Trinajstić information content (AvgIpc) is 3.00. The van der Waals surface area contributed by atoms with Crippen LogP contribution >= 0.6 is 0 Å². The van der Waals surface area contributed by atoms with E-state index < -0.39 is 37.1 Å². The molecule has 2 saturated heterocycles. The van der Waals surface area contributed by atoms with Crippen LogP contribution in [0.1, 0.15) is 35.6 Å². The maximum Gasteiger partial charge on any atom is 0.228 e. The van der Waals surface area contributed by atoms with Crippen LogP contribution in [0.25, 0.3) is 0 Å². The molecule has 5 rings (SSSR count). The Morgan fingerprint density at radius 2 is 1.51 bits per heavy atom. The number of likely N-dealkylation sites (tertiary alicyclic amines) is 1. The molecule has 2 aliphatic heterocycles. The predicted molar refractivity (Wildman–Crippen MR) is 148 cm³/mol. The maximum atomic E-state index is 13.3. The summed E-state index contributed by atoms with van der Waals surface area (Å²) in [5, 5.41) is 39.6. The molecule has 1 amide bonds. The topological polar surface area (TPSA) is 120 Å². The van der Waals surface area contributed by atoms with E-state index in [1.807, 2.05) is 47.4 Å². The predicted octanol–water partition coefficient (Wildman–Crippen LogP) is 2.77. The summed E-state index contributed by atoms with van der Waals surface area (Å²) in [5.74, 6) is 0.194. The fraction of sp³-hybridized carbons (Fsp3) is 0.406. The van der Waals surface area contributed by atoms with Crippen molar-refractivity contribution in [2.75, 3.05) is 13.2 Å². The number of aliphatic hydroxyl groups excluding tert-OH is 4. The molecular weight excluding hydrogens is 529 g/mol. The molecule has 4 N–H and O–H groups in total. The molecule has 2 aliphatic rings. The SMILES string of the molecule is O=C1C(CCCc2ccc(F)cc2)C(c2ccc(OC[C@H]3O[C@H](CO)[C@@H](O)[C@H](O)[C@H]3O)cc2)N1Cc1ccccc1. The third-order valence-electron chi connectivity index (χ3n) is 8.03. The van der Waals surface area contributed by atoms with Crippen LogP contribution in [0.3, 0.4) is 0 Å². The van der Waals surface area contributed by atoms with Crippen LogP contribution in [0.4, 0.5) is 4.39 Å². The zero-order valence-electron chi connectivity index (χ0n) is 22.6. The number of amides is 1. The van der Waals surface area contributed by atoms with Gasteiger partial charge in [-0.1, -0.05) is 54.6 Å². The van der Waals surface area contributed by atoms with E-state index in [1.165, 1.54) is 12.1 Å². The Kier molecular flexibility index (Phi) is 9.32. The third kappa shape index (κ3) is 6.60. The quantitative estimate of drug-likeness (QED) is 0.264. The highest BCUT2D eigenvalue weighted by Crippen LogP contribution is 2.44. The summed E-state index contributed by atoms with van der Waals surface area (Å²) in [5.41, 5.74) is 3.07. The lowest BCUT2D eigenvalue weighted by Gasteiger charge is -2.48. The Labute approximate surface area is 238 Å². The summed E-state index contributed by atoms with van der Waals surface area (Å²) in [4.78, 5) is 15.2. The first-order valence-electron chi connectivity index (χ1n) is 14.0. The minimum Gasteiger partial charge on any atom is -0.491 e. The molecule has 2 fully saturated rings. The first kappa shape index (κ1) is 29.2. The van der Waals surface area contributed by atoms with Gasteiger partial charge in [0.05, 0.1) is 18.6 Å². The molecule has 8 nitrogen and oxygen atoms in total. The molecule has 0 saturated carbocycles. The van der Waals surface area contributed by atoms with Gasteiger partial charge in [-0.25, -0.2) is 4.39 Å². The van der Waals surface area contributed by atoms with Crippen LogP contribution in [0, 0.1) is 11.7 Å². The van der Waals surface area contributed by atoms with E-state index in [0.29, 0.717) is 18.7 Å². The van der Waals surface area contributed by atoms with Crippen molar-refractivity contribution >= 4 is 5.91 Å². The van der Waals surface area contributed by atoms with Crippen LogP contribution in [0.2, 0.25) is 0 Å². The Morgan fingerprint density at radius 1 is 0.829 bits per heavy atom. The van der Waals surface area contributed by atoms with Gasteiger partial charge in [0.25, 0.3) is 0 Å². The van der Waals surface area contributed by atoms with Gasteiger partial charge in [0, 0.05) is 6.54 Å². The Hall–Kier alpha value is -3.34. The second-order valence-electron chi connectivity index (χ2n) is 10.8. The van der Waals surface area contributed by atoms with Crippen LogP contribution in [-0.2, 0) is 22.5 Å². The first-order valence-corrected chi connectivity index (χ1v) is 14.0. The molecule has 0 aromatic heterocycles. The molecule has 218 valence electrons. The summed E-state index contributed by atoms with van der Waals surface area (Å²) in [6.07, 6.45) is -3.88. The van der Waals surface area contributed by atoms with Gasteiger partial charge in [0.1, 0.15) is 48.7 Å². The summed E-state index contributed by atoms with van der Waals surface area (Å²) >= 11 is 0. The van der Waals surface area contributed by atoms with Crippen LogP contribution < -0.4 is 4.74 Å². The van der Waals surface area contributed by atoms with Gasteiger partial charge in [0.15, 0.2) is 0 Å². The second kappa shape index (κ2) is 13.1. The van der Waals surface area contributed by atoms with Gasteiger partial charge < -0.3 is 34.8 Å². The van der Waals surface area contributed by atoms with Crippen molar-refractivity contribution in [3.63, 3.8) is 0 Å². The van der Waals surface area contributed by atoms with Crippen molar-refractivity contribution < 1.29 is 39.1 Å². The molecule has 0 spiro atoms. The highest BCUT2D eigenvalue weighted by molar-refractivity contribution is 5.86. The average molecular weight is 566 g/mol. The van der Waals surface area contributed by atoms with Gasteiger partial charge in [-0.05, 0) is 60.2 Å². The fourth-order valence-electron chi connectivity index (χ4n) is 5.70. The van der Waals surface area contributed by atoms with E-state index in [1.54, 1.807) is 24.3 Å². The Balaban J connectivity index is 1.24. The van der Waals surface area contributed by atoms with E-state index in [9.17, 15) is 29.6 Å². The minimum atomic E-state index is -1.45. The third-order valence-corrected chi connectivity index (χ3v) is 8.03. The molecule has 0 aliphatic carbocycles. The summed E-state index contributed by atoms with van der Waals surface area (Å²) in [6, 6.07) is 23.6. The lowest BCUT2D eigenvalue weighted by Crippen LogP contribution is -2.59. The number of aryl methyl sites for hydroxylation is 1. The van der Waals surface area contributed by atoms with E-state index in [2.05, 4.69) is 0 Å². The van der Waals surface area contributed by atoms with Crippen molar-refractivity contribution in [3.05, 3.63) is 101 Å². The largest absolute Gasteiger partial charge is 0.491 e. The van der Waals surface area contributed by atoms with Gasteiger partial charge in [-0.2, -0.15) is 0 Å². The van der Waals surface area contributed by atoms with E-state index >= 15 is 0 Å². The molecule has 9 heteroatoms. The molecule has 3 aromatic rings. The van der Waals surface area contributed by atoms with Gasteiger partial charge >= 0.3 is 0 Å². The number of carbonyl (C=O) groups is 1. The number of aliphatic hydroxyl groups is 4. The van der Waals surface area contributed by atoms with Gasteiger partial charge in [0.2, 0.25) is 5.91 Å². The normalized spacial score (nSPS) is 27.9. The molecule has 41 heavy (non-hydrogen) atoms. The molecule has 2 unspecified atom stereocenters. The number of hydrogen-bond acceptors (Lipinski definition) is 7. The number of benzene rings is 3. The molecular formula is C32H36FNO7. The smallest absolute Gasteiger partial charge is 0.228 e. The maximum absolute atomic E-state index is 13.3. The lowest BCUT2D eigenvalue weighted by molar-refractivity contribution is -0.234. The Bertz CT molecular complexity index is 1270. The van der Waals surface area contributed by atoms with Crippen LogP contribution in [0.15, 0.2) is 78.9 Å². The van der Waals surface area contributed by atoms with Gasteiger partial charge in [-0.15, -0.1) is 0 Å². The van der Waals surface area contributed by atoms with Crippen molar-refractivity contribution in [2.45, 2.75) is 62.4 Å². The molecule has 3 aromatic carbocycles. The number of nitrogens with zero attached hydrogens (tertiary/aromatic N) is 1.